The molecule has 2 atom stereocenters. The molecule has 0 spiro atoms. The Hall–Kier alpha value is -0.260. The summed E-state index contributed by atoms with van der Waals surface area (Å²) in [6.45, 7) is 4.80. The summed E-state index contributed by atoms with van der Waals surface area (Å²) in [4.78, 5) is 15.7. The zero-order chi connectivity index (χ0) is 10.6. The molecule has 1 rings (SSSR count). The Morgan fingerprint density at radius 2 is 2.40 bits per heavy atom. The average molecular weight is 252 g/mol. The van der Waals surface area contributed by atoms with Crippen LogP contribution in [0.2, 0.25) is 0 Å². The highest BCUT2D eigenvalue weighted by atomic mass is 35.5. The molecule has 0 aliphatic carbocycles. The molecule has 0 aromatic heterocycles. The maximum atomic E-state index is 11.6. The molecule has 1 aliphatic rings. The van der Waals surface area contributed by atoms with Gasteiger partial charge in [0.05, 0.1) is 12.6 Å². The van der Waals surface area contributed by atoms with E-state index in [-0.39, 0.29) is 24.2 Å². The lowest BCUT2D eigenvalue weighted by Gasteiger charge is -2.17. The van der Waals surface area contributed by atoms with Crippen molar-refractivity contribution in [2.75, 3.05) is 12.3 Å². The molecule has 4 nitrogen and oxygen atoms in total. The Labute approximate surface area is 101 Å². The van der Waals surface area contributed by atoms with Gasteiger partial charge in [0.1, 0.15) is 0 Å². The number of hydrogen-bond acceptors (Lipinski definition) is 4. The summed E-state index contributed by atoms with van der Waals surface area (Å²) in [6.07, 6.45) is 0.911. The van der Waals surface area contributed by atoms with Crippen molar-refractivity contribution in [1.82, 2.24) is 5.32 Å². The molecule has 0 saturated heterocycles. The van der Waals surface area contributed by atoms with Crippen LogP contribution in [-0.4, -0.2) is 29.4 Å². The van der Waals surface area contributed by atoms with Crippen LogP contribution in [0.1, 0.15) is 20.3 Å². The van der Waals surface area contributed by atoms with Crippen LogP contribution in [0.3, 0.4) is 0 Å². The van der Waals surface area contributed by atoms with Crippen molar-refractivity contribution in [3.63, 3.8) is 0 Å². The minimum absolute atomic E-state index is 0. The molecule has 0 fully saturated rings. The molecule has 15 heavy (non-hydrogen) atoms. The van der Waals surface area contributed by atoms with E-state index in [2.05, 4.69) is 10.3 Å². The SMILES string of the molecule is CCC(C)C(N)C(=O)NC1=NCCS1.Cl. The fraction of sp³-hybridized carbons (Fsp3) is 0.778. The summed E-state index contributed by atoms with van der Waals surface area (Å²) in [7, 11) is 0. The minimum atomic E-state index is -0.427. The zero-order valence-electron chi connectivity index (χ0n) is 9.03. The summed E-state index contributed by atoms with van der Waals surface area (Å²) in [5, 5.41) is 3.46. The summed E-state index contributed by atoms with van der Waals surface area (Å²) in [5.74, 6) is 1.04. The lowest BCUT2D eigenvalue weighted by molar-refractivity contribution is -0.121. The van der Waals surface area contributed by atoms with Crippen LogP contribution in [0, 0.1) is 5.92 Å². The van der Waals surface area contributed by atoms with E-state index in [4.69, 9.17) is 5.73 Å². The molecule has 1 amide bonds. The number of aliphatic imine (C=N–C) groups is 1. The molecule has 0 bridgehead atoms. The number of nitrogens with one attached hydrogen (secondary N) is 1. The summed E-state index contributed by atoms with van der Waals surface area (Å²) < 4.78 is 0. The lowest BCUT2D eigenvalue weighted by atomic mass is 10.00. The van der Waals surface area contributed by atoms with Crippen LogP contribution in [0.5, 0.6) is 0 Å². The summed E-state index contributed by atoms with van der Waals surface area (Å²) in [6, 6.07) is -0.427. The van der Waals surface area contributed by atoms with Gasteiger partial charge < -0.3 is 11.1 Å². The third-order valence-electron chi connectivity index (χ3n) is 2.38. The molecular weight excluding hydrogens is 234 g/mol. The van der Waals surface area contributed by atoms with Gasteiger partial charge in [-0.1, -0.05) is 32.0 Å². The van der Waals surface area contributed by atoms with Crippen LogP contribution < -0.4 is 11.1 Å². The second-order valence-corrected chi connectivity index (χ2v) is 4.52. The van der Waals surface area contributed by atoms with E-state index >= 15 is 0 Å². The fourth-order valence-electron chi connectivity index (χ4n) is 1.11. The van der Waals surface area contributed by atoms with Crippen LogP contribution >= 0.6 is 24.2 Å². The Balaban J connectivity index is 0.00000196. The van der Waals surface area contributed by atoms with Crippen molar-refractivity contribution < 1.29 is 4.79 Å². The van der Waals surface area contributed by atoms with Crippen LogP contribution in [0.4, 0.5) is 0 Å². The largest absolute Gasteiger partial charge is 0.320 e. The second-order valence-electron chi connectivity index (χ2n) is 3.44. The van der Waals surface area contributed by atoms with Crippen LogP contribution in [-0.2, 0) is 4.79 Å². The summed E-state index contributed by atoms with van der Waals surface area (Å²) in [5.41, 5.74) is 5.77. The molecule has 6 heteroatoms. The molecule has 1 heterocycles. The highest BCUT2D eigenvalue weighted by Gasteiger charge is 2.21. The second kappa shape index (κ2) is 7.09. The first-order valence-corrected chi connectivity index (χ1v) is 5.87. The molecule has 0 radical (unpaired) electrons. The number of rotatable bonds is 3. The molecule has 1 aliphatic heterocycles. The van der Waals surface area contributed by atoms with Crippen LogP contribution in [0.15, 0.2) is 4.99 Å². The molecule has 0 aromatic rings. The third kappa shape index (κ3) is 4.40. The zero-order valence-corrected chi connectivity index (χ0v) is 10.7. The van der Waals surface area contributed by atoms with E-state index in [1.54, 1.807) is 11.8 Å². The van der Waals surface area contributed by atoms with E-state index in [1.807, 2.05) is 13.8 Å². The smallest absolute Gasteiger partial charge is 0.243 e. The number of carbonyl (C=O) groups is 1. The van der Waals surface area contributed by atoms with E-state index < -0.39 is 6.04 Å². The Morgan fingerprint density at radius 1 is 1.73 bits per heavy atom. The van der Waals surface area contributed by atoms with Gasteiger partial charge >= 0.3 is 0 Å². The van der Waals surface area contributed by atoms with Gasteiger partial charge in [-0.25, -0.2) is 0 Å². The molecule has 2 unspecified atom stereocenters. The van der Waals surface area contributed by atoms with Gasteiger partial charge in [-0.3, -0.25) is 9.79 Å². The summed E-state index contributed by atoms with van der Waals surface area (Å²) >= 11 is 1.57. The van der Waals surface area contributed by atoms with E-state index in [0.29, 0.717) is 5.17 Å². The molecule has 0 aromatic carbocycles. The standard InChI is InChI=1S/C9H17N3OS.ClH/c1-3-6(2)7(10)8(13)12-9-11-4-5-14-9;/h6-7H,3-5,10H2,1-2H3,(H,11,12,13);1H. The molecule has 88 valence electrons. The monoisotopic (exact) mass is 251 g/mol. The van der Waals surface area contributed by atoms with Crippen molar-refractivity contribution in [3.8, 4) is 0 Å². The maximum Gasteiger partial charge on any atom is 0.243 e. The number of hydrogen-bond donors (Lipinski definition) is 2. The Bertz CT molecular complexity index is 248. The number of thioether (sulfide) groups is 1. The first-order valence-electron chi connectivity index (χ1n) is 4.88. The van der Waals surface area contributed by atoms with Gasteiger partial charge in [0, 0.05) is 5.75 Å². The number of halogens is 1. The fourth-order valence-corrected chi connectivity index (χ4v) is 1.84. The predicted octanol–water partition coefficient (Wildman–Crippen LogP) is 1.00. The number of carbonyl (C=O) groups excluding carboxylic acids is 1. The average Bonchev–Trinajstić information content (AvgIpc) is 2.68. The van der Waals surface area contributed by atoms with Crippen molar-refractivity contribution in [3.05, 3.63) is 0 Å². The normalized spacial score (nSPS) is 18.7. The first kappa shape index (κ1) is 14.7. The molecule has 3 N–H and O–H groups in total. The Kier molecular flexibility index (Phi) is 6.96. The number of amidine groups is 1. The first-order chi connectivity index (χ1) is 6.65. The minimum Gasteiger partial charge on any atom is -0.320 e. The van der Waals surface area contributed by atoms with Crippen molar-refractivity contribution in [1.29, 1.82) is 0 Å². The van der Waals surface area contributed by atoms with Gasteiger partial charge in [0.2, 0.25) is 5.91 Å². The van der Waals surface area contributed by atoms with Gasteiger partial charge in [-0.2, -0.15) is 0 Å². The quantitative estimate of drug-likeness (QED) is 0.787. The van der Waals surface area contributed by atoms with E-state index in [1.165, 1.54) is 0 Å². The van der Waals surface area contributed by atoms with Gasteiger partial charge in [0.15, 0.2) is 5.17 Å². The van der Waals surface area contributed by atoms with Crippen LogP contribution in [0.25, 0.3) is 0 Å². The van der Waals surface area contributed by atoms with Crippen molar-refractivity contribution in [2.24, 2.45) is 16.6 Å². The number of nitrogens with two attached hydrogens (primary N) is 1. The lowest BCUT2D eigenvalue weighted by Crippen LogP contribution is -2.45. The van der Waals surface area contributed by atoms with Crippen molar-refractivity contribution in [2.45, 2.75) is 26.3 Å². The highest BCUT2D eigenvalue weighted by Crippen LogP contribution is 2.10. The van der Waals surface area contributed by atoms with Gasteiger partial charge in [-0.15, -0.1) is 12.4 Å². The number of amides is 1. The van der Waals surface area contributed by atoms with Crippen molar-refractivity contribution >= 4 is 35.2 Å². The van der Waals surface area contributed by atoms with E-state index in [0.717, 1.165) is 18.7 Å². The van der Waals surface area contributed by atoms with E-state index in [9.17, 15) is 4.79 Å². The topological polar surface area (TPSA) is 67.5 Å². The van der Waals surface area contributed by atoms with Gasteiger partial charge in [-0.05, 0) is 5.92 Å². The number of nitrogens with zero attached hydrogens (tertiary/aromatic N) is 1. The third-order valence-corrected chi connectivity index (χ3v) is 3.27. The molecule has 0 saturated carbocycles. The van der Waals surface area contributed by atoms with Gasteiger partial charge in [0.25, 0.3) is 0 Å². The molecular formula is C9H18ClN3OS. The highest BCUT2D eigenvalue weighted by molar-refractivity contribution is 8.14. The maximum absolute atomic E-state index is 11.6. The predicted molar refractivity (Wildman–Crippen MR) is 67.6 cm³/mol. The Morgan fingerprint density at radius 3 is 2.87 bits per heavy atom.